The molecule has 1 aromatic carbocycles. The normalized spacial score (nSPS) is 22.5. The van der Waals surface area contributed by atoms with E-state index in [-0.39, 0.29) is 12.1 Å². The van der Waals surface area contributed by atoms with Crippen LogP contribution in [0.1, 0.15) is 47.2 Å². The van der Waals surface area contributed by atoms with Gasteiger partial charge in [-0.2, -0.15) is 0 Å². The number of amidine groups is 1. The molecule has 0 N–H and O–H groups in total. The van der Waals surface area contributed by atoms with Crippen LogP contribution in [0, 0.1) is 20.8 Å². The largest absolute Gasteiger partial charge is 0.497 e. The fraction of sp³-hybridized carbons (Fsp3) is 0.360. The summed E-state index contributed by atoms with van der Waals surface area (Å²) in [5.74, 6) is 0.871. The van der Waals surface area contributed by atoms with Gasteiger partial charge in [-0.1, -0.05) is 24.8 Å². The Hall–Kier alpha value is -2.73. The van der Waals surface area contributed by atoms with Crippen molar-refractivity contribution >= 4 is 16.9 Å². The molecular weight excluding hydrogens is 404 g/mol. The number of pyridine rings is 1. The number of benzene rings is 1. The molecule has 3 atom stereocenters. The Kier molecular flexibility index (Phi) is 5.05. The fourth-order valence-corrected chi connectivity index (χ4v) is 6.08. The molecule has 0 amide bonds. The van der Waals surface area contributed by atoms with Crippen LogP contribution in [-0.4, -0.2) is 38.5 Å². The maximum atomic E-state index is 5.36. The molecule has 1 fully saturated rings. The van der Waals surface area contributed by atoms with Crippen molar-refractivity contribution in [3.63, 3.8) is 0 Å². The molecule has 31 heavy (non-hydrogen) atoms. The number of nitrogens with zero attached hydrogens (tertiary/aromatic N) is 4. The third-order valence-corrected chi connectivity index (χ3v) is 7.62. The van der Waals surface area contributed by atoms with Crippen LogP contribution in [0.3, 0.4) is 0 Å². The number of fused-ring (bicyclic) bond motifs is 1. The van der Waals surface area contributed by atoms with Gasteiger partial charge in [0.25, 0.3) is 0 Å². The van der Waals surface area contributed by atoms with Gasteiger partial charge in [0.1, 0.15) is 11.8 Å². The molecular formula is C25H28N4OS. The molecule has 3 aromatic rings. The van der Waals surface area contributed by atoms with E-state index in [1.165, 1.54) is 22.5 Å². The lowest BCUT2D eigenvalue weighted by atomic mass is 9.93. The molecule has 0 unspecified atom stereocenters. The molecule has 5 nitrogen and oxygen atoms in total. The van der Waals surface area contributed by atoms with E-state index in [1.54, 1.807) is 7.11 Å². The van der Waals surface area contributed by atoms with Gasteiger partial charge in [-0.15, -0.1) is 0 Å². The highest BCUT2D eigenvalue weighted by atomic mass is 32.2. The summed E-state index contributed by atoms with van der Waals surface area (Å²) in [6, 6.07) is 14.6. The minimum Gasteiger partial charge on any atom is -0.497 e. The van der Waals surface area contributed by atoms with Crippen LogP contribution in [0.2, 0.25) is 0 Å². The molecule has 2 aliphatic heterocycles. The number of hydrogen-bond acceptors (Lipinski definition) is 5. The number of methoxy groups -OCH3 is 1. The van der Waals surface area contributed by atoms with Crippen LogP contribution in [0.4, 0.5) is 0 Å². The van der Waals surface area contributed by atoms with E-state index in [0.717, 1.165) is 28.8 Å². The maximum Gasteiger partial charge on any atom is 0.160 e. The number of rotatable bonds is 4. The predicted octanol–water partition coefficient (Wildman–Crippen LogP) is 5.40. The Morgan fingerprint density at radius 2 is 1.81 bits per heavy atom. The lowest BCUT2D eigenvalue weighted by Gasteiger charge is -2.28. The molecule has 5 rings (SSSR count). The average Bonchev–Trinajstić information content (AvgIpc) is 3.38. The second-order valence-corrected chi connectivity index (χ2v) is 9.79. The zero-order valence-corrected chi connectivity index (χ0v) is 19.5. The first-order chi connectivity index (χ1) is 15.0. The Morgan fingerprint density at radius 3 is 2.48 bits per heavy atom. The molecule has 0 aliphatic carbocycles. The number of thioether (sulfide) groups is 1. The van der Waals surface area contributed by atoms with E-state index in [9.17, 15) is 0 Å². The summed E-state index contributed by atoms with van der Waals surface area (Å²) in [4.78, 5) is 12.3. The van der Waals surface area contributed by atoms with Crippen LogP contribution in [0.25, 0.3) is 5.69 Å². The average molecular weight is 433 g/mol. The summed E-state index contributed by atoms with van der Waals surface area (Å²) in [6.07, 6.45) is 1.87. The zero-order valence-electron chi connectivity index (χ0n) is 18.7. The van der Waals surface area contributed by atoms with Crippen molar-refractivity contribution in [2.45, 2.75) is 45.0 Å². The van der Waals surface area contributed by atoms with Crippen molar-refractivity contribution < 1.29 is 4.74 Å². The lowest BCUT2D eigenvalue weighted by Crippen LogP contribution is -2.29. The van der Waals surface area contributed by atoms with Crippen LogP contribution >= 0.6 is 11.8 Å². The molecule has 0 radical (unpaired) electrons. The maximum absolute atomic E-state index is 5.36. The number of ether oxygens (including phenoxy) is 1. The molecule has 160 valence electrons. The summed E-state index contributed by atoms with van der Waals surface area (Å²) in [6.45, 7) is 10.00. The Labute approximate surface area is 188 Å². The first-order valence-corrected chi connectivity index (χ1v) is 11.6. The first-order valence-electron chi connectivity index (χ1n) is 10.7. The third kappa shape index (κ3) is 3.24. The van der Waals surface area contributed by atoms with Crippen LogP contribution in [-0.2, 0) is 0 Å². The Balaban J connectivity index is 1.64. The fourth-order valence-electron chi connectivity index (χ4n) is 4.99. The molecule has 0 saturated carbocycles. The molecule has 0 bridgehead atoms. The summed E-state index contributed by atoms with van der Waals surface area (Å²) < 4.78 is 7.72. The Bertz CT molecular complexity index is 1140. The summed E-state index contributed by atoms with van der Waals surface area (Å²) >= 11 is 1.88. The van der Waals surface area contributed by atoms with Gasteiger partial charge in [-0.05, 0) is 62.7 Å². The number of aromatic nitrogens is 2. The van der Waals surface area contributed by atoms with Gasteiger partial charge in [-0.25, -0.2) is 0 Å². The van der Waals surface area contributed by atoms with E-state index in [4.69, 9.17) is 9.73 Å². The minimum absolute atomic E-state index is 0.0136. The molecule has 2 aliphatic rings. The molecule has 6 heteroatoms. The molecule has 1 saturated heterocycles. The second-order valence-electron chi connectivity index (χ2n) is 8.38. The highest BCUT2D eigenvalue weighted by Crippen LogP contribution is 2.50. The summed E-state index contributed by atoms with van der Waals surface area (Å²) in [5.41, 5.74) is 7.44. The summed E-state index contributed by atoms with van der Waals surface area (Å²) in [5, 5.41) is 1.71. The van der Waals surface area contributed by atoms with Crippen LogP contribution in [0.5, 0.6) is 5.75 Å². The topological polar surface area (TPSA) is 42.6 Å². The predicted molar refractivity (Wildman–Crippen MR) is 127 cm³/mol. The van der Waals surface area contributed by atoms with Crippen molar-refractivity contribution in [2.24, 2.45) is 4.99 Å². The highest BCUT2D eigenvalue weighted by molar-refractivity contribution is 8.14. The smallest absolute Gasteiger partial charge is 0.160 e. The number of aliphatic imine (C=N–C) groups is 1. The molecule has 2 aromatic heterocycles. The van der Waals surface area contributed by atoms with Crippen molar-refractivity contribution in [3.8, 4) is 11.4 Å². The van der Waals surface area contributed by atoms with Crippen molar-refractivity contribution in [2.75, 3.05) is 13.7 Å². The highest BCUT2D eigenvalue weighted by Gasteiger charge is 2.45. The van der Waals surface area contributed by atoms with Crippen LogP contribution in [0.15, 0.2) is 53.7 Å². The van der Waals surface area contributed by atoms with Gasteiger partial charge in [0, 0.05) is 40.6 Å². The van der Waals surface area contributed by atoms with Gasteiger partial charge in [0.05, 0.1) is 18.8 Å². The lowest BCUT2D eigenvalue weighted by molar-refractivity contribution is 0.319. The van der Waals surface area contributed by atoms with Gasteiger partial charge < -0.3 is 14.2 Å². The third-order valence-electron chi connectivity index (χ3n) is 6.51. The second kappa shape index (κ2) is 7.75. The van der Waals surface area contributed by atoms with E-state index >= 15 is 0 Å². The monoisotopic (exact) mass is 432 g/mol. The van der Waals surface area contributed by atoms with Gasteiger partial charge >= 0.3 is 0 Å². The van der Waals surface area contributed by atoms with E-state index in [2.05, 4.69) is 66.4 Å². The van der Waals surface area contributed by atoms with Gasteiger partial charge in [0.2, 0.25) is 0 Å². The van der Waals surface area contributed by atoms with E-state index in [0.29, 0.717) is 5.25 Å². The molecule has 4 heterocycles. The van der Waals surface area contributed by atoms with Crippen molar-refractivity contribution in [1.82, 2.24) is 14.5 Å². The van der Waals surface area contributed by atoms with Crippen molar-refractivity contribution in [1.29, 1.82) is 0 Å². The van der Waals surface area contributed by atoms with Gasteiger partial charge in [0.15, 0.2) is 5.17 Å². The van der Waals surface area contributed by atoms with Gasteiger partial charge in [-0.3, -0.25) is 9.98 Å². The SMILES string of the molecule is COc1ccc(-n2c(C)c(C)c([C@@H]3[C@H](c4ccccn4)N=C4S[C@@H](C)CN43)c2C)cc1. The zero-order chi connectivity index (χ0) is 21.7. The standard InChI is InChI=1S/C25H28N4OS/c1-15-14-28-24(23(27-25(28)31-15)21-8-6-7-13-26-21)22-16(2)17(3)29(18(22)4)19-9-11-20(30-5)12-10-19/h6-13,15,23-24H,14H2,1-5H3/t15-,23-,24+/m0/s1. The van der Waals surface area contributed by atoms with E-state index < -0.39 is 0 Å². The Morgan fingerprint density at radius 1 is 1.03 bits per heavy atom. The summed E-state index contributed by atoms with van der Waals surface area (Å²) in [7, 11) is 1.70. The quantitative estimate of drug-likeness (QED) is 0.554. The van der Waals surface area contributed by atoms with Crippen molar-refractivity contribution in [3.05, 3.63) is 76.9 Å². The molecule has 0 spiro atoms. The van der Waals surface area contributed by atoms with E-state index in [1.807, 2.05) is 36.2 Å². The minimum atomic E-state index is 0.0136. The first kappa shape index (κ1) is 20.2. The number of hydrogen-bond donors (Lipinski definition) is 0. The van der Waals surface area contributed by atoms with Crippen LogP contribution < -0.4 is 4.74 Å².